The van der Waals surface area contributed by atoms with Crippen LogP contribution in [0.3, 0.4) is 0 Å². The van der Waals surface area contributed by atoms with Crippen LogP contribution in [0.5, 0.6) is 5.75 Å². The molecule has 2 fully saturated rings. The highest BCUT2D eigenvalue weighted by Crippen LogP contribution is 2.41. The van der Waals surface area contributed by atoms with E-state index in [-0.39, 0.29) is 11.9 Å². The highest BCUT2D eigenvalue weighted by molar-refractivity contribution is 7.99. The number of nitrogens with zero attached hydrogens (tertiary/aromatic N) is 4. The van der Waals surface area contributed by atoms with Crippen molar-refractivity contribution in [3.8, 4) is 5.75 Å². The number of aromatic nitrogens is 3. The van der Waals surface area contributed by atoms with Crippen LogP contribution in [-0.2, 0) is 4.79 Å². The van der Waals surface area contributed by atoms with Crippen molar-refractivity contribution in [2.45, 2.75) is 56.3 Å². The number of fused-ring (bicyclic) bond motifs is 1. The van der Waals surface area contributed by atoms with Crippen molar-refractivity contribution in [3.05, 3.63) is 29.8 Å². The molecule has 1 aromatic heterocycles. The van der Waals surface area contributed by atoms with E-state index in [1.54, 1.807) is 0 Å². The monoisotopic (exact) mass is 427 g/mol. The molecule has 2 aromatic rings. The van der Waals surface area contributed by atoms with Crippen LogP contribution >= 0.6 is 11.8 Å². The second kappa shape index (κ2) is 8.49. The summed E-state index contributed by atoms with van der Waals surface area (Å²) in [6.07, 6.45) is 5.55. The van der Waals surface area contributed by atoms with E-state index in [9.17, 15) is 4.79 Å². The minimum Gasteiger partial charge on any atom is -0.493 e. The van der Waals surface area contributed by atoms with Gasteiger partial charge in [0, 0.05) is 31.1 Å². The zero-order valence-electron chi connectivity index (χ0n) is 17.4. The zero-order valence-corrected chi connectivity index (χ0v) is 18.2. The molecule has 1 saturated heterocycles. The van der Waals surface area contributed by atoms with Gasteiger partial charge in [-0.15, -0.1) is 10.2 Å². The summed E-state index contributed by atoms with van der Waals surface area (Å²) in [4.78, 5) is 15.1. The molecule has 7 nitrogen and oxygen atoms in total. The Kier molecular flexibility index (Phi) is 5.58. The Morgan fingerprint density at radius 1 is 1.17 bits per heavy atom. The molecule has 1 amide bonds. The van der Waals surface area contributed by atoms with E-state index >= 15 is 0 Å². The van der Waals surface area contributed by atoms with Crippen LogP contribution in [0.2, 0.25) is 0 Å². The second-order valence-corrected chi connectivity index (χ2v) is 9.58. The fourth-order valence-corrected chi connectivity index (χ4v) is 5.11. The van der Waals surface area contributed by atoms with E-state index in [0.717, 1.165) is 47.8 Å². The highest BCUT2D eigenvalue weighted by atomic mass is 32.2. The summed E-state index contributed by atoms with van der Waals surface area (Å²) in [5.41, 5.74) is 1.06. The lowest BCUT2D eigenvalue weighted by atomic mass is 10.00. The summed E-state index contributed by atoms with van der Waals surface area (Å²) in [5, 5.41) is 13.0. The summed E-state index contributed by atoms with van der Waals surface area (Å²) < 4.78 is 7.97. The predicted molar refractivity (Wildman–Crippen MR) is 117 cm³/mol. The summed E-state index contributed by atoms with van der Waals surface area (Å²) in [6.45, 7) is 5.03. The van der Waals surface area contributed by atoms with Gasteiger partial charge >= 0.3 is 0 Å². The Balaban J connectivity index is 1.23. The van der Waals surface area contributed by atoms with Crippen LogP contribution in [0, 0.1) is 5.92 Å². The van der Waals surface area contributed by atoms with Crippen LogP contribution in [0.1, 0.15) is 56.7 Å². The fourth-order valence-electron chi connectivity index (χ4n) is 4.30. The van der Waals surface area contributed by atoms with Crippen LogP contribution in [-0.4, -0.2) is 46.1 Å². The Bertz CT molecular complexity index is 905. The lowest BCUT2D eigenvalue weighted by Crippen LogP contribution is -2.35. The number of anilines is 1. The Morgan fingerprint density at radius 2 is 1.97 bits per heavy atom. The van der Waals surface area contributed by atoms with Gasteiger partial charge in [0.1, 0.15) is 5.75 Å². The number of piperidine rings is 1. The number of hydrogen-bond acceptors (Lipinski definition) is 6. The lowest BCUT2D eigenvalue weighted by Gasteiger charge is -2.31. The van der Waals surface area contributed by atoms with Crippen molar-refractivity contribution in [1.82, 2.24) is 20.1 Å². The molecule has 160 valence electrons. The van der Waals surface area contributed by atoms with Gasteiger partial charge in [0.05, 0.1) is 18.4 Å². The first-order chi connectivity index (χ1) is 14.7. The van der Waals surface area contributed by atoms with Crippen molar-refractivity contribution < 1.29 is 9.53 Å². The number of rotatable bonds is 6. The van der Waals surface area contributed by atoms with Crippen molar-refractivity contribution >= 4 is 23.6 Å². The minimum absolute atomic E-state index is 0.00949. The van der Waals surface area contributed by atoms with E-state index in [4.69, 9.17) is 4.74 Å². The molecule has 3 aliphatic rings. The number of benzene rings is 1. The standard InChI is InChI=1S/C22H29N5O2S/c1-15-8-11-26(12-9-15)21-24-25-22(27(21)16-6-7-16)30-14-20(28)23-18-10-13-29-19-5-3-2-4-17(18)19/h2-5,15-16,18H,6-14H2,1H3,(H,23,28)/t18-/m0/s1. The molecular weight excluding hydrogens is 398 g/mol. The normalized spacial score (nSPS) is 21.8. The first kappa shape index (κ1) is 19.7. The van der Waals surface area contributed by atoms with E-state index in [1.807, 2.05) is 24.3 Å². The molecule has 0 radical (unpaired) electrons. The molecule has 1 atom stereocenters. The van der Waals surface area contributed by atoms with Gasteiger partial charge < -0.3 is 15.0 Å². The number of amides is 1. The molecule has 0 unspecified atom stereocenters. The molecule has 3 heterocycles. The Morgan fingerprint density at radius 3 is 2.77 bits per heavy atom. The van der Waals surface area contributed by atoms with Gasteiger partial charge in [0.2, 0.25) is 11.9 Å². The van der Waals surface area contributed by atoms with E-state index in [1.165, 1.54) is 37.4 Å². The summed E-state index contributed by atoms with van der Waals surface area (Å²) >= 11 is 1.50. The van der Waals surface area contributed by atoms with Gasteiger partial charge in [-0.25, -0.2) is 0 Å². The smallest absolute Gasteiger partial charge is 0.230 e. The van der Waals surface area contributed by atoms with Crippen molar-refractivity contribution in [2.75, 3.05) is 30.3 Å². The SMILES string of the molecule is CC1CCN(c2nnc(SCC(=O)N[C@H]3CCOc4ccccc43)n2C2CC2)CC1. The number of thioether (sulfide) groups is 1. The van der Waals surface area contributed by atoms with E-state index in [0.29, 0.717) is 18.4 Å². The first-order valence-electron chi connectivity index (χ1n) is 11.0. The third kappa shape index (κ3) is 4.15. The zero-order chi connectivity index (χ0) is 20.5. The fraction of sp³-hybridized carbons (Fsp3) is 0.591. The average molecular weight is 428 g/mol. The van der Waals surface area contributed by atoms with E-state index in [2.05, 4.69) is 31.9 Å². The van der Waals surface area contributed by atoms with E-state index < -0.39 is 0 Å². The van der Waals surface area contributed by atoms with Gasteiger partial charge in [0.25, 0.3) is 0 Å². The van der Waals surface area contributed by atoms with Crippen molar-refractivity contribution in [2.24, 2.45) is 5.92 Å². The number of nitrogens with one attached hydrogen (secondary N) is 1. The van der Waals surface area contributed by atoms with Gasteiger partial charge in [0.15, 0.2) is 5.16 Å². The van der Waals surface area contributed by atoms with Crippen LogP contribution in [0.15, 0.2) is 29.4 Å². The number of carbonyl (C=O) groups excluding carboxylic acids is 1. The maximum Gasteiger partial charge on any atom is 0.230 e. The highest BCUT2D eigenvalue weighted by Gasteiger charge is 2.33. The Labute approximate surface area is 181 Å². The molecular formula is C22H29N5O2S. The number of ether oxygens (including phenoxy) is 1. The maximum absolute atomic E-state index is 12.7. The number of hydrogen-bond donors (Lipinski definition) is 1. The lowest BCUT2D eigenvalue weighted by molar-refractivity contribution is -0.119. The molecule has 5 rings (SSSR count). The third-order valence-corrected chi connectivity index (χ3v) is 7.19. The predicted octanol–water partition coefficient (Wildman–Crippen LogP) is 3.58. The van der Waals surface area contributed by atoms with Crippen LogP contribution in [0.4, 0.5) is 5.95 Å². The molecule has 1 saturated carbocycles. The summed E-state index contributed by atoms with van der Waals surface area (Å²) in [6, 6.07) is 8.44. The quantitative estimate of drug-likeness (QED) is 0.711. The molecule has 2 aliphatic heterocycles. The van der Waals surface area contributed by atoms with Gasteiger partial charge in [-0.3, -0.25) is 9.36 Å². The van der Waals surface area contributed by atoms with Gasteiger partial charge in [-0.2, -0.15) is 0 Å². The van der Waals surface area contributed by atoms with Crippen LogP contribution in [0.25, 0.3) is 0 Å². The average Bonchev–Trinajstić information content (AvgIpc) is 3.52. The number of carbonyl (C=O) groups is 1. The second-order valence-electron chi connectivity index (χ2n) is 8.64. The minimum atomic E-state index is 0.00949. The molecule has 1 aromatic carbocycles. The van der Waals surface area contributed by atoms with Crippen molar-refractivity contribution in [1.29, 1.82) is 0 Å². The maximum atomic E-state index is 12.7. The molecule has 0 bridgehead atoms. The Hall–Kier alpha value is -2.22. The molecule has 30 heavy (non-hydrogen) atoms. The van der Waals surface area contributed by atoms with Gasteiger partial charge in [-0.1, -0.05) is 36.9 Å². The summed E-state index contributed by atoms with van der Waals surface area (Å²) in [5.74, 6) is 3.02. The van der Waals surface area contributed by atoms with Gasteiger partial charge in [-0.05, 0) is 37.7 Å². The molecule has 1 N–H and O–H groups in total. The van der Waals surface area contributed by atoms with Crippen LogP contribution < -0.4 is 15.0 Å². The molecule has 0 spiro atoms. The first-order valence-corrected chi connectivity index (χ1v) is 12.0. The summed E-state index contributed by atoms with van der Waals surface area (Å²) in [7, 11) is 0. The third-order valence-electron chi connectivity index (χ3n) is 6.25. The largest absolute Gasteiger partial charge is 0.493 e. The van der Waals surface area contributed by atoms with Crippen molar-refractivity contribution in [3.63, 3.8) is 0 Å². The topological polar surface area (TPSA) is 72.3 Å². The molecule has 8 heteroatoms. The molecule has 1 aliphatic carbocycles. The number of para-hydroxylation sites is 1.